The number of carbonyl (C=O) groups is 1. The van der Waals surface area contributed by atoms with Crippen LogP contribution in [-0.2, 0) is 4.79 Å². The average molecular weight is 169 g/mol. The Labute approximate surface area is 63.1 Å². The SMILES string of the molecule is C=CCC(Cl)(Cl)C(=O)O. The lowest BCUT2D eigenvalue weighted by Gasteiger charge is -2.09. The summed E-state index contributed by atoms with van der Waals surface area (Å²) in [5, 5.41) is 8.26. The Morgan fingerprint density at radius 1 is 1.78 bits per heavy atom. The Bertz CT molecular complexity index is 131. The van der Waals surface area contributed by atoms with Gasteiger partial charge in [-0.2, -0.15) is 0 Å². The highest BCUT2D eigenvalue weighted by Gasteiger charge is 2.31. The van der Waals surface area contributed by atoms with Crippen LogP contribution >= 0.6 is 23.2 Å². The summed E-state index contributed by atoms with van der Waals surface area (Å²) in [5.74, 6) is -1.24. The maximum absolute atomic E-state index is 10.1. The van der Waals surface area contributed by atoms with Gasteiger partial charge in [0.25, 0.3) is 0 Å². The Balaban J connectivity index is 4.00. The third-order valence-corrected chi connectivity index (χ3v) is 1.35. The fraction of sp³-hybridized carbons (Fsp3) is 0.400. The van der Waals surface area contributed by atoms with Crippen molar-refractivity contribution in [2.75, 3.05) is 0 Å². The van der Waals surface area contributed by atoms with E-state index in [2.05, 4.69) is 6.58 Å². The van der Waals surface area contributed by atoms with Crippen LogP contribution in [0, 0.1) is 0 Å². The van der Waals surface area contributed by atoms with E-state index in [1.54, 1.807) is 0 Å². The summed E-state index contributed by atoms with van der Waals surface area (Å²) in [5.41, 5.74) is 0. The fourth-order valence-corrected chi connectivity index (χ4v) is 0.487. The average Bonchev–Trinajstić information content (AvgIpc) is 1.65. The Hall–Kier alpha value is -0.210. The zero-order chi connectivity index (χ0) is 7.49. The minimum atomic E-state index is -1.71. The van der Waals surface area contributed by atoms with Crippen molar-refractivity contribution >= 4 is 29.2 Å². The van der Waals surface area contributed by atoms with Gasteiger partial charge >= 0.3 is 5.97 Å². The summed E-state index contributed by atoms with van der Waals surface area (Å²) >= 11 is 10.5. The highest BCUT2D eigenvalue weighted by molar-refractivity contribution is 6.57. The Kier molecular flexibility index (Phi) is 3.01. The third kappa shape index (κ3) is 2.72. The molecule has 52 valence electrons. The van der Waals surface area contributed by atoms with Gasteiger partial charge in [0, 0.05) is 6.42 Å². The van der Waals surface area contributed by atoms with E-state index in [0.29, 0.717) is 0 Å². The van der Waals surface area contributed by atoms with Gasteiger partial charge in [-0.1, -0.05) is 29.3 Å². The van der Waals surface area contributed by atoms with Gasteiger partial charge < -0.3 is 5.11 Å². The van der Waals surface area contributed by atoms with Crippen molar-refractivity contribution in [3.05, 3.63) is 12.7 Å². The number of carboxylic acids is 1. The number of carboxylic acid groups (broad SMARTS) is 1. The van der Waals surface area contributed by atoms with Crippen LogP contribution in [0.5, 0.6) is 0 Å². The van der Waals surface area contributed by atoms with Gasteiger partial charge in [0.2, 0.25) is 4.33 Å². The molecule has 0 aliphatic carbocycles. The second kappa shape index (κ2) is 3.08. The zero-order valence-electron chi connectivity index (χ0n) is 4.60. The second-order valence-corrected chi connectivity index (χ2v) is 2.99. The second-order valence-electron chi connectivity index (χ2n) is 1.50. The number of alkyl halides is 2. The number of hydrogen-bond donors (Lipinski definition) is 1. The molecule has 0 amide bonds. The van der Waals surface area contributed by atoms with Crippen LogP contribution in [0.2, 0.25) is 0 Å². The van der Waals surface area contributed by atoms with Gasteiger partial charge in [-0.25, -0.2) is 4.79 Å². The molecule has 0 saturated heterocycles. The lowest BCUT2D eigenvalue weighted by molar-refractivity contribution is -0.137. The first-order valence-electron chi connectivity index (χ1n) is 2.23. The molecule has 0 heterocycles. The molecule has 4 heteroatoms. The first-order valence-corrected chi connectivity index (χ1v) is 2.98. The normalized spacial score (nSPS) is 10.9. The lowest BCUT2D eigenvalue weighted by atomic mass is 10.3. The van der Waals surface area contributed by atoms with Crippen LogP contribution < -0.4 is 0 Å². The molecule has 0 bridgehead atoms. The van der Waals surface area contributed by atoms with Crippen LogP contribution in [0.25, 0.3) is 0 Å². The molecule has 0 spiro atoms. The maximum Gasteiger partial charge on any atom is 0.340 e. The molecule has 0 aromatic heterocycles. The molecule has 1 N–H and O–H groups in total. The molecular formula is C5H6Cl2O2. The number of halogens is 2. The molecule has 9 heavy (non-hydrogen) atoms. The van der Waals surface area contributed by atoms with Crippen molar-refractivity contribution < 1.29 is 9.90 Å². The molecule has 0 radical (unpaired) electrons. The van der Waals surface area contributed by atoms with Crippen molar-refractivity contribution in [1.29, 1.82) is 0 Å². The van der Waals surface area contributed by atoms with E-state index in [1.807, 2.05) is 0 Å². The summed E-state index contributed by atoms with van der Waals surface area (Å²) < 4.78 is -1.71. The number of aliphatic carboxylic acids is 1. The number of hydrogen-bond acceptors (Lipinski definition) is 1. The molecule has 0 aliphatic heterocycles. The smallest absolute Gasteiger partial charge is 0.340 e. The van der Waals surface area contributed by atoms with Crippen LogP contribution in [-0.4, -0.2) is 15.4 Å². The summed E-state index contributed by atoms with van der Waals surface area (Å²) in [4.78, 5) is 10.1. The summed E-state index contributed by atoms with van der Waals surface area (Å²) in [6.45, 7) is 3.30. The van der Waals surface area contributed by atoms with Crippen LogP contribution in [0.4, 0.5) is 0 Å². The molecule has 0 atom stereocenters. The van der Waals surface area contributed by atoms with Crippen LogP contribution in [0.15, 0.2) is 12.7 Å². The van der Waals surface area contributed by atoms with Crippen molar-refractivity contribution in [2.45, 2.75) is 10.8 Å². The van der Waals surface area contributed by atoms with Gasteiger partial charge in [0.05, 0.1) is 0 Å². The van der Waals surface area contributed by atoms with Gasteiger partial charge in [0.15, 0.2) is 0 Å². The molecule has 0 aliphatic rings. The predicted octanol–water partition coefficient (Wildman–Crippen LogP) is 1.82. The Morgan fingerprint density at radius 3 is 2.33 bits per heavy atom. The first kappa shape index (κ1) is 8.79. The van der Waals surface area contributed by atoms with E-state index in [1.165, 1.54) is 6.08 Å². The largest absolute Gasteiger partial charge is 0.479 e. The van der Waals surface area contributed by atoms with E-state index in [9.17, 15) is 4.79 Å². The maximum atomic E-state index is 10.1. The quantitative estimate of drug-likeness (QED) is 0.516. The van der Waals surface area contributed by atoms with Gasteiger partial charge in [-0.15, -0.1) is 6.58 Å². The standard InChI is InChI=1S/C5H6Cl2O2/c1-2-3-5(6,7)4(8)9/h2H,1,3H2,(H,8,9). The molecule has 0 fully saturated rings. The van der Waals surface area contributed by atoms with Crippen LogP contribution in [0.1, 0.15) is 6.42 Å². The minimum Gasteiger partial charge on any atom is -0.479 e. The molecule has 0 aromatic carbocycles. The van der Waals surface area contributed by atoms with E-state index in [0.717, 1.165) is 0 Å². The van der Waals surface area contributed by atoms with Crippen molar-refractivity contribution in [3.63, 3.8) is 0 Å². The van der Waals surface area contributed by atoms with Crippen molar-refractivity contribution in [1.82, 2.24) is 0 Å². The van der Waals surface area contributed by atoms with E-state index in [4.69, 9.17) is 28.3 Å². The summed E-state index contributed by atoms with van der Waals surface area (Å²) in [6.07, 6.45) is 1.40. The van der Waals surface area contributed by atoms with Crippen molar-refractivity contribution in [2.24, 2.45) is 0 Å². The molecule has 0 saturated carbocycles. The highest BCUT2D eigenvalue weighted by atomic mass is 35.5. The van der Waals surface area contributed by atoms with Gasteiger partial charge in [-0.05, 0) is 0 Å². The Morgan fingerprint density at radius 2 is 2.22 bits per heavy atom. The molecule has 0 rings (SSSR count). The monoisotopic (exact) mass is 168 g/mol. The molecule has 0 aromatic rings. The van der Waals surface area contributed by atoms with E-state index >= 15 is 0 Å². The third-order valence-electron chi connectivity index (χ3n) is 0.714. The predicted molar refractivity (Wildman–Crippen MR) is 36.9 cm³/mol. The molecule has 0 unspecified atom stereocenters. The van der Waals surface area contributed by atoms with Gasteiger partial charge in [-0.3, -0.25) is 0 Å². The number of allylic oxidation sites excluding steroid dienone is 1. The first-order chi connectivity index (χ1) is 4.00. The number of rotatable bonds is 3. The zero-order valence-corrected chi connectivity index (χ0v) is 6.11. The van der Waals surface area contributed by atoms with E-state index in [-0.39, 0.29) is 6.42 Å². The van der Waals surface area contributed by atoms with Crippen LogP contribution in [0.3, 0.4) is 0 Å². The summed E-state index contributed by atoms with van der Waals surface area (Å²) in [6, 6.07) is 0. The van der Waals surface area contributed by atoms with Crippen molar-refractivity contribution in [3.8, 4) is 0 Å². The molecular weight excluding hydrogens is 163 g/mol. The molecule has 2 nitrogen and oxygen atoms in total. The highest BCUT2D eigenvalue weighted by Crippen LogP contribution is 2.25. The lowest BCUT2D eigenvalue weighted by Crippen LogP contribution is -2.24. The summed E-state index contributed by atoms with van der Waals surface area (Å²) in [7, 11) is 0. The topological polar surface area (TPSA) is 37.3 Å². The van der Waals surface area contributed by atoms with E-state index < -0.39 is 10.3 Å². The minimum absolute atomic E-state index is 0.0471. The van der Waals surface area contributed by atoms with Gasteiger partial charge in [0.1, 0.15) is 0 Å². The fourth-order valence-electron chi connectivity index (χ4n) is 0.269.